The molecular weight excluding hydrogens is 200 g/mol. The third-order valence-corrected chi connectivity index (χ3v) is 3.35. The SMILES string of the molecule is CC(C(=O)C1CCOCC1)c1ccccc1. The zero-order valence-corrected chi connectivity index (χ0v) is 9.69. The molecule has 1 aliphatic rings. The van der Waals surface area contributed by atoms with Crippen molar-refractivity contribution < 1.29 is 9.53 Å². The van der Waals surface area contributed by atoms with E-state index in [1.165, 1.54) is 0 Å². The van der Waals surface area contributed by atoms with Gasteiger partial charge in [0.05, 0.1) is 0 Å². The van der Waals surface area contributed by atoms with E-state index in [4.69, 9.17) is 4.74 Å². The summed E-state index contributed by atoms with van der Waals surface area (Å²) in [5.74, 6) is 0.586. The Kier molecular flexibility index (Phi) is 3.73. The van der Waals surface area contributed by atoms with Crippen LogP contribution < -0.4 is 0 Å². The van der Waals surface area contributed by atoms with Crippen molar-refractivity contribution in [1.82, 2.24) is 0 Å². The van der Waals surface area contributed by atoms with E-state index >= 15 is 0 Å². The predicted molar refractivity (Wildman–Crippen MR) is 63.4 cm³/mol. The predicted octanol–water partition coefficient (Wildman–Crippen LogP) is 2.79. The number of carbonyl (C=O) groups is 1. The van der Waals surface area contributed by atoms with Crippen molar-refractivity contribution in [3.63, 3.8) is 0 Å². The van der Waals surface area contributed by atoms with Crippen LogP contribution in [0.5, 0.6) is 0 Å². The van der Waals surface area contributed by atoms with Crippen LogP contribution in [0.3, 0.4) is 0 Å². The van der Waals surface area contributed by atoms with Gasteiger partial charge in [-0.05, 0) is 18.4 Å². The lowest BCUT2D eigenvalue weighted by Crippen LogP contribution is -2.26. The molecule has 16 heavy (non-hydrogen) atoms. The highest BCUT2D eigenvalue weighted by Crippen LogP contribution is 2.25. The minimum atomic E-state index is 0.0179. The molecule has 1 saturated heterocycles. The Bertz CT molecular complexity index is 339. The van der Waals surface area contributed by atoms with Gasteiger partial charge >= 0.3 is 0 Å². The molecule has 0 spiro atoms. The average Bonchev–Trinajstić information content (AvgIpc) is 2.39. The maximum atomic E-state index is 12.2. The number of benzene rings is 1. The molecule has 1 heterocycles. The molecule has 1 aromatic rings. The summed E-state index contributed by atoms with van der Waals surface area (Å²) in [6.45, 7) is 3.48. The van der Waals surface area contributed by atoms with Crippen molar-refractivity contribution in [1.29, 1.82) is 0 Å². The summed E-state index contributed by atoms with van der Waals surface area (Å²) < 4.78 is 5.28. The summed E-state index contributed by atoms with van der Waals surface area (Å²) in [6.07, 6.45) is 1.77. The number of hydrogen-bond donors (Lipinski definition) is 0. The second-order valence-corrected chi connectivity index (χ2v) is 4.42. The first-order chi connectivity index (χ1) is 7.79. The van der Waals surface area contributed by atoms with Crippen molar-refractivity contribution in [2.75, 3.05) is 13.2 Å². The van der Waals surface area contributed by atoms with Crippen LogP contribution in [0.25, 0.3) is 0 Å². The molecule has 1 aliphatic heterocycles. The monoisotopic (exact) mass is 218 g/mol. The fourth-order valence-electron chi connectivity index (χ4n) is 2.24. The van der Waals surface area contributed by atoms with Gasteiger partial charge in [0.25, 0.3) is 0 Å². The molecule has 1 fully saturated rings. The van der Waals surface area contributed by atoms with Crippen LogP contribution >= 0.6 is 0 Å². The number of carbonyl (C=O) groups excluding carboxylic acids is 1. The summed E-state index contributed by atoms with van der Waals surface area (Å²) >= 11 is 0. The summed E-state index contributed by atoms with van der Waals surface area (Å²) in [4.78, 5) is 12.2. The lowest BCUT2D eigenvalue weighted by molar-refractivity contribution is -0.126. The molecular formula is C14H18O2. The van der Waals surface area contributed by atoms with Gasteiger partial charge in [-0.1, -0.05) is 37.3 Å². The number of hydrogen-bond acceptors (Lipinski definition) is 2. The zero-order chi connectivity index (χ0) is 11.4. The van der Waals surface area contributed by atoms with Crippen LogP contribution in [-0.4, -0.2) is 19.0 Å². The molecule has 0 saturated carbocycles. The van der Waals surface area contributed by atoms with Gasteiger partial charge in [-0.25, -0.2) is 0 Å². The number of ketones is 1. The molecule has 0 aliphatic carbocycles. The van der Waals surface area contributed by atoms with Crippen LogP contribution in [0, 0.1) is 5.92 Å². The first-order valence-electron chi connectivity index (χ1n) is 5.95. The fraction of sp³-hybridized carbons (Fsp3) is 0.500. The van der Waals surface area contributed by atoms with Gasteiger partial charge in [0.15, 0.2) is 0 Å². The minimum absolute atomic E-state index is 0.0179. The van der Waals surface area contributed by atoms with Gasteiger partial charge in [-0.15, -0.1) is 0 Å². The normalized spacial score (nSPS) is 19.3. The highest BCUT2D eigenvalue weighted by molar-refractivity contribution is 5.87. The number of rotatable bonds is 3. The molecule has 2 heteroatoms. The molecule has 1 aromatic carbocycles. The molecule has 86 valence electrons. The molecule has 1 unspecified atom stereocenters. The van der Waals surface area contributed by atoms with E-state index in [2.05, 4.69) is 0 Å². The van der Waals surface area contributed by atoms with Crippen LogP contribution in [-0.2, 0) is 9.53 Å². The van der Waals surface area contributed by atoms with Crippen LogP contribution in [0.15, 0.2) is 30.3 Å². The molecule has 0 bridgehead atoms. The Morgan fingerprint density at radius 2 is 1.88 bits per heavy atom. The van der Waals surface area contributed by atoms with E-state index in [0.717, 1.165) is 31.6 Å². The van der Waals surface area contributed by atoms with Gasteiger partial charge in [-0.3, -0.25) is 4.79 Å². The van der Waals surface area contributed by atoms with Gasteiger partial charge in [0.2, 0.25) is 0 Å². The molecule has 2 nitrogen and oxygen atoms in total. The number of Topliss-reactive ketones (excluding diaryl/α,β-unsaturated/α-hetero) is 1. The van der Waals surface area contributed by atoms with Gasteiger partial charge in [0, 0.05) is 25.0 Å². The molecule has 2 rings (SSSR count). The second-order valence-electron chi connectivity index (χ2n) is 4.42. The highest BCUT2D eigenvalue weighted by atomic mass is 16.5. The Labute approximate surface area is 96.6 Å². The van der Waals surface area contributed by atoms with Crippen molar-refractivity contribution >= 4 is 5.78 Å². The van der Waals surface area contributed by atoms with Gasteiger partial charge in [-0.2, -0.15) is 0 Å². The van der Waals surface area contributed by atoms with Crippen molar-refractivity contribution in [3.8, 4) is 0 Å². The summed E-state index contributed by atoms with van der Waals surface area (Å²) in [5, 5.41) is 0. The summed E-state index contributed by atoms with van der Waals surface area (Å²) in [7, 11) is 0. The quantitative estimate of drug-likeness (QED) is 0.779. The van der Waals surface area contributed by atoms with Crippen LogP contribution in [0.2, 0.25) is 0 Å². The lowest BCUT2D eigenvalue weighted by Gasteiger charge is -2.23. The lowest BCUT2D eigenvalue weighted by atomic mass is 9.85. The maximum absolute atomic E-state index is 12.2. The molecule has 0 amide bonds. The summed E-state index contributed by atoms with van der Waals surface area (Å²) in [6, 6.07) is 10.0. The standard InChI is InChI=1S/C14H18O2/c1-11(12-5-3-2-4-6-12)14(15)13-7-9-16-10-8-13/h2-6,11,13H,7-10H2,1H3. The zero-order valence-electron chi connectivity index (χ0n) is 9.69. The van der Waals surface area contributed by atoms with Crippen molar-refractivity contribution in [2.24, 2.45) is 5.92 Å². The van der Waals surface area contributed by atoms with Crippen LogP contribution in [0.1, 0.15) is 31.2 Å². The summed E-state index contributed by atoms with van der Waals surface area (Å²) in [5.41, 5.74) is 1.12. The smallest absolute Gasteiger partial charge is 0.143 e. The van der Waals surface area contributed by atoms with Gasteiger partial charge in [0.1, 0.15) is 5.78 Å². The van der Waals surface area contributed by atoms with E-state index in [9.17, 15) is 4.79 Å². The minimum Gasteiger partial charge on any atom is -0.381 e. The largest absolute Gasteiger partial charge is 0.381 e. The van der Waals surface area contributed by atoms with E-state index < -0.39 is 0 Å². The molecule has 0 aromatic heterocycles. The first kappa shape index (κ1) is 11.3. The second kappa shape index (κ2) is 5.26. The van der Waals surface area contributed by atoms with E-state index in [0.29, 0.717) is 5.78 Å². The van der Waals surface area contributed by atoms with E-state index in [1.54, 1.807) is 0 Å². The Hall–Kier alpha value is -1.15. The third kappa shape index (κ3) is 2.50. The topological polar surface area (TPSA) is 26.3 Å². The highest BCUT2D eigenvalue weighted by Gasteiger charge is 2.26. The Morgan fingerprint density at radius 1 is 1.25 bits per heavy atom. The number of ether oxygens (including phenoxy) is 1. The first-order valence-corrected chi connectivity index (χ1v) is 5.95. The fourth-order valence-corrected chi connectivity index (χ4v) is 2.24. The Balaban J connectivity index is 2.04. The maximum Gasteiger partial charge on any atom is 0.143 e. The van der Waals surface area contributed by atoms with Gasteiger partial charge < -0.3 is 4.74 Å². The van der Waals surface area contributed by atoms with E-state index in [1.807, 2.05) is 37.3 Å². The van der Waals surface area contributed by atoms with E-state index in [-0.39, 0.29) is 11.8 Å². The van der Waals surface area contributed by atoms with Crippen molar-refractivity contribution in [3.05, 3.63) is 35.9 Å². The Morgan fingerprint density at radius 3 is 2.50 bits per heavy atom. The average molecular weight is 218 g/mol. The molecule has 0 radical (unpaired) electrons. The molecule has 1 atom stereocenters. The molecule has 0 N–H and O–H groups in total. The van der Waals surface area contributed by atoms with Crippen molar-refractivity contribution in [2.45, 2.75) is 25.7 Å². The third-order valence-electron chi connectivity index (χ3n) is 3.35. The van der Waals surface area contributed by atoms with Crippen LogP contribution in [0.4, 0.5) is 0 Å².